The predicted octanol–water partition coefficient (Wildman–Crippen LogP) is 1.58. The number of nitrogens with zero attached hydrogens (tertiary/aromatic N) is 2. The largest absolute Gasteiger partial charge is 0.475 e. The Balaban J connectivity index is 1.64. The van der Waals surface area contributed by atoms with Crippen molar-refractivity contribution in [2.24, 2.45) is 0 Å². The van der Waals surface area contributed by atoms with Gasteiger partial charge in [-0.2, -0.15) is 0 Å². The summed E-state index contributed by atoms with van der Waals surface area (Å²) in [6, 6.07) is 10.2. The van der Waals surface area contributed by atoms with E-state index < -0.39 is 0 Å². The molecule has 2 N–H and O–H groups in total. The first-order chi connectivity index (χ1) is 13.5. The Morgan fingerprint density at radius 1 is 1.18 bits per heavy atom. The molecule has 3 aromatic rings. The lowest BCUT2D eigenvalue weighted by molar-refractivity contribution is -0.121. The molecule has 28 heavy (non-hydrogen) atoms. The molecule has 0 fully saturated rings. The minimum Gasteiger partial charge on any atom is -0.475 e. The monoisotopic (exact) mass is 382 g/mol. The number of hydrogen-bond acceptors (Lipinski definition) is 5. The number of aryl methyl sites for hydroxylation is 1. The third kappa shape index (κ3) is 4.46. The molecule has 1 aromatic carbocycles. The van der Waals surface area contributed by atoms with E-state index in [1.54, 1.807) is 36.5 Å². The quantitative estimate of drug-likeness (QED) is 0.645. The van der Waals surface area contributed by atoms with Crippen LogP contribution in [0, 0.1) is 0 Å². The van der Waals surface area contributed by atoms with Crippen LogP contribution < -0.4 is 21.2 Å². The second-order valence-corrected chi connectivity index (χ2v) is 6.60. The van der Waals surface area contributed by atoms with Crippen molar-refractivity contribution in [1.82, 2.24) is 20.1 Å². The molecule has 0 unspecified atom stereocenters. The van der Waals surface area contributed by atoms with E-state index in [0.717, 1.165) is 5.56 Å². The molecule has 1 amide bonds. The number of carbonyl (C=O) groups excluding carboxylic acids is 1. The van der Waals surface area contributed by atoms with Gasteiger partial charge in [0.25, 0.3) is 11.1 Å². The third-order valence-corrected chi connectivity index (χ3v) is 4.12. The summed E-state index contributed by atoms with van der Waals surface area (Å²) in [4.78, 5) is 40.9. The number of nitrogens with one attached hydrogen (secondary N) is 2. The fourth-order valence-corrected chi connectivity index (χ4v) is 2.79. The Morgan fingerprint density at radius 2 is 1.93 bits per heavy atom. The standard InChI is InChI=1S/C20H22N4O4/c1-13(2)28-19-14(6-5-10-21-19)12-22-17(25)9-11-24-20(27)16-8-4-3-7-15(16)18(26)23-24/h3-8,10,13H,9,11-12H2,1-2H3,(H,22,25)(H,23,26). The lowest BCUT2D eigenvalue weighted by Gasteiger charge is -2.13. The number of carbonyl (C=O) groups is 1. The number of rotatable bonds is 7. The normalized spacial score (nSPS) is 11.0. The van der Waals surface area contributed by atoms with Crippen LogP contribution in [0.3, 0.4) is 0 Å². The van der Waals surface area contributed by atoms with Crippen molar-refractivity contribution in [2.75, 3.05) is 0 Å². The number of aromatic amines is 1. The SMILES string of the molecule is CC(C)Oc1ncccc1CNC(=O)CCn1[nH]c(=O)c2ccccc2c1=O. The van der Waals surface area contributed by atoms with Crippen molar-refractivity contribution in [2.45, 2.75) is 39.5 Å². The van der Waals surface area contributed by atoms with E-state index in [0.29, 0.717) is 16.7 Å². The lowest BCUT2D eigenvalue weighted by Crippen LogP contribution is -2.32. The fraction of sp³-hybridized carbons (Fsp3) is 0.300. The van der Waals surface area contributed by atoms with Crippen molar-refractivity contribution in [3.8, 4) is 5.88 Å². The third-order valence-electron chi connectivity index (χ3n) is 4.12. The highest BCUT2D eigenvalue weighted by Gasteiger charge is 2.10. The van der Waals surface area contributed by atoms with E-state index >= 15 is 0 Å². The Bertz CT molecular complexity index is 1100. The number of H-pyrrole nitrogens is 1. The van der Waals surface area contributed by atoms with Gasteiger partial charge in [0.05, 0.1) is 23.4 Å². The maximum absolute atomic E-state index is 12.5. The summed E-state index contributed by atoms with van der Waals surface area (Å²) in [6.45, 7) is 4.14. The van der Waals surface area contributed by atoms with Gasteiger partial charge in [-0.3, -0.25) is 19.5 Å². The van der Waals surface area contributed by atoms with Crippen LogP contribution in [0.25, 0.3) is 10.8 Å². The highest BCUT2D eigenvalue weighted by atomic mass is 16.5. The number of amides is 1. The van der Waals surface area contributed by atoms with E-state index in [1.807, 2.05) is 19.9 Å². The Hall–Kier alpha value is -3.42. The van der Waals surface area contributed by atoms with Gasteiger partial charge in [-0.15, -0.1) is 0 Å². The van der Waals surface area contributed by atoms with Crippen molar-refractivity contribution in [3.63, 3.8) is 0 Å². The molecule has 0 spiro atoms. The molecule has 0 aliphatic rings. The first kappa shape index (κ1) is 19.3. The number of fused-ring (bicyclic) bond motifs is 1. The van der Waals surface area contributed by atoms with Crippen molar-refractivity contribution >= 4 is 16.7 Å². The first-order valence-electron chi connectivity index (χ1n) is 9.05. The number of benzene rings is 1. The predicted molar refractivity (Wildman–Crippen MR) is 105 cm³/mol. The van der Waals surface area contributed by atoms with Crippen molar-refractivity contribution in [3.05, 3.63) is 68.9 Å². The van der Waals surface area contributed by atoms with Gasteiger partial charge in [0.2, 0.25) is 11.8 Å². The van der Waals surface area contributed by atoms with Gasteiger partial charge in [-0.25, -0.2) is 9.67 Å². The molecule has 0 bridgehead atoms. The molecule has 0 radical (unpaired) electrons. The Morgan fingerprint density at radius 3 is 2.68 bits per heavy atom. The van der Waals surface area contributed by atoms with E-state index in [-0.39, 0.29) is 42.6 Å². The van der Waals surface area contributed by atoms with Gasteiger partial charge in [-0.05, 0) is 32.0 Å². The van der Waals surface area contributed by atoms with Crippen LogP contribution in [0.1, 0.15) is 25.8 Å². The zero-order valence-corrected chi connectivity index (χ0v) is 15.8. The molecule has 8 nitrogen and oxygen atoms in total. The van der Waals surface area contributed by atoms with Crippen molar-refractivity contribution in [1.29, 1.82) is 0 Å². The van der Waals surface area contributed by atoms with E-state index in [9.17, 15) is 14.4 Å². The summed E-state index contributed by atoms with van der Waals surface area (Å²) in [5, 5.41) is 5.97. The van der Waals surface area contributed by atoms with Crippen LogP contribution in [-0.4, -0.2) is 26.8 Å². The highest BCUT2D eigenvalue weighted by molar-refractivity contribution is 5.80. The smallest absolute Gasteiger partial charge is 0.273 e. The highest BCUT2D eigenvalue weighted by Crippen LogP contribution is 2.15. The molecule has 0 aliphatic carbocycles. The summed E-state index contributed by atoms with van der Waals surface area (Å²) in [5.41, 5.74) is 0.0742. The second kappa shape index (κ2) is 8.51. The summed E-state index contributed by atoms with van der Waals surface area (Å²) in [6.07, 6.45) is 1.65. The molecule has 146 valence electrons. The number of pyridine rings is 1. The van der Waals surface area contributed by atoms with Gasteiger partial charge >= 0.3 is 0 Å². The van der Waals surface area contributed by atoms with E-state index in [4.69, 9.17) is 4.74 Å². The maximum atomic E-state index is 12.5. The summed E-state index contributed by atoms with van der Waals surface area (Å²) < 4.78 is 6.80. The molecular weight excluding hydrogens is 360 g/mol. The molecule has 2 aromatic heterocycles. The molecule has 3 rings (SSSR count). The second-order valence-electron chi connectivity index (χ2n) is 6.60. The van der Waals surface area contributed by atoms with E-state index in [1.165, 1.54) is 4.68 Å². The maximum Gasteiger partial charge on any atom is 0.273 e. The van der Waals surface area contributed by atoms with E-state index in [2.05, 4.69) is 15.4 Å². The molecular formula is C20H22N4O4. The van der Waals surface area contributed by atoms with Crippen molar-refractivity contribution < 1.29 is 9.53 Å². The van der Waals surface area contributed by atoms with Crippen LogP contribution in [0.5, 0.6) is 5.88 Å². The van der Waals surface area contributed by atoms with Gasteiger partial charge in [0.1, 0.15) is 0 Å². The zero-order valence-electron chi connectivity index (χ0n) is 15.8. The Kier molecular flexibility index (Phi) is 5.88. The molecule has 0 aliphatic heterocycles. The van der Waals surface area contributed by atoms with Crippen LogP contribution >= 0.6 is 0 Å². The average molecular weight is 382 g/mol. The summed E-state index contributed by atoms with van der Waals surface area (Å²) >= 11 is 0. The van der Waals surface area contributed by atoms with Gasteiger partial charge in [0.15, 0.2) is 0 Å². The molecule has 0 saturated carbocycles. The van der Waals surface area contributed by atoms with Gasteiger partial charge in [-0.1, -0.05) is 18.2 Å². The lowest BCUT2D eigenvalue weighted by atomic mass is 10.2. The summed E-state index contributed by atoms with van der Waals surface area (Å²) in [5.74, 6) is 0.230. The Labute approximate surface area is 161 Å². The first-order valence-corrected chi connectivity index (χ1v) is 9.05. The minimum absolute atomic E-state index is 0.0269. The molecule has 8 heteroatoms. The molecule has 0 atom stereocenters. The van der Waals surface area contributed by atoms with Crippen LogP contribution in [0.15, 0.2) is 52.2 Å². The topological polar surface area (TPSA) is 106 Å². The number of ether oxygens (including phenoxy) is 1. The minimum atomic E-state index is -0.360. The zero-order chi connectivity index (χ0) is 20.1. The molecule has 2 heterocycles. The van der Waals surface area contributed by atoms with Crippen LogP contribution in [0.4, 0.5) is 0 Å². The van der Waals surface area contributed by atoms with Crippen LogP contribution in [-0.2, 0) is 17.9 Å². The average Bonchev–Trinajstić information content (AvgIpc) is 2.68. The number of aromatic nitrogens is 3. The van der Waals surface area contributed by atoms with Crippen LogP contribution in [0.2, 0.25) is 0 Å². The molecule has 0 saturated heterocycles. The fourth-order valence-electron chi connectivity index (χ4n) is 2.79. The van der Waals surface area contributed by atoms with Gasteiger partial charge < -0.3 is 10.1 Å². The number of hydrogen-bond donors (Lipinski definition) is 2. The summed E-state index contributed by atoms with van der Waals surface area (Å²) in [7, 11) is 0. The van der Waals surface area contributed by atoms with Gasteiger partial charge in [0, 0.05) is 24.7 Å².